The second-order valence-electron chi connectivity index (χ2n) is 23.0. The molecular formula is C59H77ClN6O16S2. The van der Waals surface area contributed by atoms with Crippen LogP contribution in [0.2, 0.25) is 5.02 Å². The Labute approximate surface area is 502 Å². The van der Waals surface area contributed by atoms with Crippen LogP contribution in [0.15, 0.2) is 53.2 Å². The first-order chi connectivity index (χ1) is 39.7. The van der Waals surface area contributed by atoms with Crippen LogP contribution in [0.4, 0.5) is 10.5 Å². The van der Waals surface area contributed by atoms with E-state index in [-0.39, 0.29) is 92.4 Å². The van der Waals surface area contributed by atoms with Crippen molar-refractivity contribution < 1.29 is 77.1 Å². The van der Waals surface area contributed by atoms with Crippen molar-refractivity contribution >= 4 is 92.2 Å². The minimum atomic E-state index is -1.83. The number of rotatable bonds is 19. The number of aryl methyl sites for hydroxylation is 1. The molecule has 2 aromatic carbocycles. The van der Waals surface area contributed by atoms with Gasteiger partial charge in [0.2, 0.25) is 17.7 Å². The number of hydrogen-bond donors (Lipinski definition) is 4. The number of halogens is 1. The van der Waals surface area contributed by atoms with E-state index in [1.165, 1.54) is 58.7 Å². The number of benzene rings is 2. The molecule has 1 saturated carbocycles. The number of esters is 1. The second kappa shape index (κ2) is 27.8. The molecule has 0 unspecified atom stereocenters. The number of hydroxylamine groups is 2. The summed E-state index contributed by atoms with van der Waals surface area (Å²) in [5.41, 5.74) is 3.89. The van der Waals surface area contributed by atoms with Gasteiger partial charge in [-0.15, -0.1) is 5.06 Å². The number of likely N-dealkylation sites (N-methyl/N-ethyl adjacent to an activating group) is 1. The lowest BCUT2D eigenvalue weighted by atomic mass is 9.83. The van der Waals surface area contributed by atoms with E-state index < -0.39 is 76.0 Å². The fourth-order valence-electron chi connectivity index (χ4n) is 11.0. The number of ether oxygens (including phenoxy) is 5. The Kier molecular flexibility index (Phi) is 21.6. The van der Waals surface area contributed by atoms with Gasteiger partial charge in [-0.2, -0.15) is 5.10 Å². The summed E-state index contributed by atoms with van der Waals surface area (Å²) in [6, 6.07) is 5.75. The SMILES string of the molecule is COc1cc2cc(c1Cl)N(C)C(=O)C[C@H](OC(=O)[C@H](C)N(C)C(=O)CCSSC(C)(C)CC(=O)N/N=C1\CCCc3cc(OCCCC(=O)ON4C(=O)CCC4=O)cc(O)c31)[C@@]1(C)C[C@H]1[C@H](C)[C@@H]1C[C@@](O)(NC(=O)O1)[C@H](OC)/C=C/C=C(\C)C2. The molecule has 2 aliphatic carbocycles. The zero-order valence-electron chi connectivity index (χ0n) is 49.2. The van der Waals surface area contributed by atoms with Gasteiger partial charge in [0.05, 0.1) is 38.0 Å². The molecule has 0 spiro atoms. The maximum Gasteiger partial charge on any atom is 0.409 e. The molecule has 8 atom stereocenters. The van der Waals surface area contributed by atoms with Gasteiger partial charge in [-0.25, -0.2) is 19.8 Å². The summed E-state index contributed by atoms with van der Waals surface area (Å²) in [6.45, 7) is 11.2. The normalized spacial score (nSPS) is 26.4. The summed E-state index contributed by atoms with van der Waals surface area (Å²) < 4.78 is 28.7. The van der Waals surface area contributed by atoms with E-state index in [4.69, 9.17) is 40.1 Å². The molecule has 22 nitrogen and oxygen atoms in total. The molecule has 2 aromatic rings. The number of aliphatic hydroxyl groups is 1. The summed E-state index contributed by atoms with van der Waals surface area (Å²) in [7, 11) is 8.86. The highest BCUT2D eigenvalue weighted by molar-refractivity contribution is 8.77. The van der Waals surface area contributed by atoms with Gasteiger partial charge in [-0.3, -0.25) is 29.3 Å². The van der Waals surface area contributed by atoms with E-state index >= 15 is 0 Å². The van der Waals surface area contributed by atoms with Crippen LogP contribution in [0, 0.1) is 17.3 Å². The number of hydrogen-bond acceptors (Lipinski definition) is 19. The Balaban J connectivity index is 0.932. The predicted molar refractivity (Wildman–Crippen MR) is 315 cm³/mol. The van der Waals surface area contributed by atoms with Crippen molar-refractivity contribution in [3.63, 3.8) is 0 Å². The van der Waals surface area contributed by atoms with Gasteiger partial charge in [0.25, 0.3) is 11.8 Å². The minimum absolute atomic E-state index is 0.00188. The molecule has 3 fully saturated rings. The predicted octanol–water partition coefficient (Wildman–Crippen LogP) is 7.65. The van der Waals surface area contributed by atoms with E-state index in [1.54, 1.807) is 44.3 Å². The Morgan fingerprint density at radius 1 is 1.04 bits per heavy atom. The van der Waals surface area contributed by atoms with Crippen molar-refractivity contribution in [1.82, 2.24) is 20.7 Å². The van der Waals surface area contributed by atoms with E-state index in [2.05, 4.69) is 15.8 Å². The van der Waals surface area contributed by atoms with Gasteiger partial charge in [0, 0.05) is 80.9 Å². The first-order valence-electron chi connectivity index (χ1n) is 28.1. The highest BCUT2D eigenvalue weighted by Gasteiger charge is 2.62. The maximum atomic E-state index is 14.5. The third-order valence-electron chi connectivity index (χ3n) is 16.1. The van der Waals surface area contributed by atoms with E-state index in [1.807, 2.05) is 40.7 Å². The molecule has 0 radical (unpaired) electrons. The fraction of sp³-hybridized carbons (Fsp3) is 0.576. The zero-order valence-corrected chi connectivity index (χ0v) is 51.6. The Morgan fingerprint density at radius 2 is 1.76 bits per heavy atom. The number of methoxy groups -OCH3 is 2. The van der Waals surface area contributed by atoms with Crippen LogP contribution in [0.5, 0.6) is 17.2 Å². The topological polar surface area (TPSA) is 279 Å². The highest BCUT2D eigenvalue weighted by Crippen LogP contribution is 2.61. The lowest BCUT2D eigenvalue weighted by Gasteiger charge is -2.42. The van der Waals surface area contributed by atoms with Crippen LogP contribution in [0.1, 0.15) is 129 Å². The molecule has 2 saturated heterocycles. The van der Waals surface area contributed by atoms with Crippen molar-refractivity contribution in [3.05, 3.63) is 69.8 Å². The molecule has 84 heavy (non-hydrogen) atoms. The minimum Gasteiger partial charge on any atom is -0.507 e. The van der Waals surface area contributed by atoms with Crippen molar-refractivity contribution in [2.24, 2.45) is 22.4 Å². The number of carbonyl (C=O) groups excluding carboxylic acids is 8. The van der Waals surface area contributed by atoms with Crippen LogP contribution in [-0.2, 0) is 65.5 Å². The molecule has 7 rings (SSSR count). The molecule has 458 valence electrons. The number of allylic oxidation sites excluding steroid dienone is 3. The van der Waals surface area contributed by atoms with Crippen molar-refractivity contribution in [3.8, 4) is 17.2 Å². The van der Waals surface area contributed by atoms with Crippen LogP contribution in [0.25, 0.3) is 0 Å². The fourth-order valence-corrected chi connectivity index (χ4v) is 13.8. The number of carbonyl (C=O) groups is 8. The van der Waals surface area contributed by atoms with Gasteiger partial charge in [-0.05, 0) is 107 Å². The van der Waals surface area contributed by atoms with Gasteiger partial charge in [0.15, 0.2) is 5.72 Å². The Bertz CT molecular complexity index is 2960. The summed E-state index contributed by atoms with van der Waals surface area (Å²) in [6.07, 6.45) is 4.48. The summed E-state index contributed by atoms with van der Waals surface area (Å²) in [5, 5.41) is 30.6. The van der Waals surface area contributed by atoms with Crippen molar-refractivity contribution in [2.45, 2.75) is 160 Å². The number of alkyl carbamates (subject to hydrolysis) is 1. The zero-order chi connectivity index (χ0) is 61.4. The number of hydrazone groups is 1. The Hall–Kier alpha value is -6.34. The molecule has 25 heteroatoms. The first-order valence-corrected chi connectivity index (χ1v) is 30.8. The van der Waals surface area contributed by atoms with Gasteiger partial charge >= 0.3 is 18.0 Å². The third-order valence-corrected chi connectivity index (χ3v) is 19.8. The molecule has 3 heterocycles. The average Bonchev–Trinajstić information content (AvgIpc) is 3.64. The maximum absolute atomic E-state index is 14.5. The van der Waals surface area contributed by atoms with Crippen molar-refractivity contribution in [1.29, 1.82) is 0 Å². The lowest BCUT2D eigenvalue weighted by molar-refractivity contribution is -0.197. The summed E-state index contributed by atoms with van der Waals surface area (Å²) >= 11 is 6.86. The van der Waals surface area contributed by atoms with Gasteiger partial charge in [0.1, 0.15) is 46.6 Å². The number of phenols is 1. The van der Waals surface area contributed by atoms with Crippen LogP contribution >= 0.6 is 33.2 Å². The van der Waals surface area contributed by atoms with E-state index in [0.29, 0.717) is 71.4 Å². The van der Waals surface area contributed by atoms with Crippen molar-refractivity contribution in [2.75, 3.05) is 45.6 Å². The molecule has 0 aromatic heterocycles. The van der Waals surface area contributed by atoms with Crippen LogP contribution < -0.4 is 25.1 Å². The smallest absolute Gasteiger partial charge is 0.409 e. The number of aromatic hydroxyl groups is 1. The lowest BCUT2D eigenvalue weighted by Crippen LogP contribution is -2.63. The molecular weight excluding hydrogens is 1150 g/mol. The standard InChI is InChI=1S/C59H77ClN6O16S2/c1-33-14-11-17-45(78-10)59(76)31-44(80-56(75)61-59)34(2)39-30-58(39,6)46(29-51(72)65(8)41-25-36(24-33)26-43(77-9)54(41)60)81-55(74)35(3)64(7)48(69)21-23-83-84-57(4,5)32-47(68)63-62-40-16-12-15-37-27-38(28-42(67)53(37)40)79-22-13-18-52(73)82-66-49(70)19-20-50(66)71/h11,14,17,25-28,34-35,39,44-46,67,76H,12-13,15-16,18-24,29-32H2,1-10H3,(H,61,75)(H,63,68)/b17-11+,33-14+,62-40+/t34-,35-,39-,44-,45+,46-,58-,59-/m0/s1. The number of phenolic OH excluding ortho intramolecular Hbond substituents is 1. The summed E-state index contributed by atoms with van der Waals surface area (Å²) in [5.74, 6) is -3.28. The van der Waals surface area contributed by atoms with Gasteiger partial charge in [-0.1, -0.05) is 70.8 Å². The molecule has 4 bridgehead atoms. The molecule has 6 amide bonds. The number of nitrogens with one attached hydrogen (secondary N) is 2. The molecule has 4 N–H and O–H groups in total. The second-order valence-corrected chi connectivity index (χ2v) is 26.5. The van der Waals surface area contributed by atoms with Gasteiger partial charge < -0.3 is 48.5 Å². The number of anilines is 1. The number of nitrogens with zero attached hydrogens (tertiary/aromatic N) is 4. The average molecular weight is 1230 g/mol. The van der Waals surface area contributed by atoms with E-state index in [0.717, 1.165) is 16.7 Å². The Morgan fingerprint density at radius 3 is 2.46 bits per heavy atom. The highest BCUT2D eigenvalue weighted by atomic mass is 35.5. The number of amides is 6. The third kappa shape index (κ3) is 15.9. The number of imide groups is 1. The molecule has 5 aliphatic rings. The monoisotopic (exact) mass is 1220 g/mol. The van der Waals surface area contributed by atoms with E-state index in [9.17, 15) is 48.6 Å². The number of fused-ring (bicyclic) bond motifs is 6. The quantitative estimate of drug-likeness (QED) is 0.0345. The van der Waals surface area contributed by atoms with Crippen LogP contribution in [-0.4, -0.2) is 149 Å². The summed E-state index contributed by atoms with van der Waals surface area (Å²) in [4.78, 5) is 112. The molecule has 3 aliphatic heterocycles. The first kappa shape index (κ1) is 65.2. The van der Waals surface area contributed by atoms with Crippen LogP contribution in [0.3, 0.4) is 0 Å². The largest absolute Gasteiger partial charge is 0.507 e.